The Morgan fingerprint density at radius 3 is 2.48 bits per heavy atom. The molecule has 0 fully saturated rings. The van der Waals surface area contributed by atoms with Crippen molar-refractivity contribution >= 4 is 17.4 Å². The van der Waals surface area contributed by atoms with Crippen LogP contribution in [0.5, 0.6) is 0 Å². The van der Waals surface area contributed by atoms with Gasteiger partial charge in [-0.3, -0.25) is 9.59 Å². The summed E-state index contributed by atoms with van der Waals surface area (Å²) >= 11 is 0. The molecule has 0 saturated carbocycles. The number of ether oxygens (including phenoxy) is 1. The molecule has 1 N–H and O–H groups in total. The first-order valence-electron chi connectivity index (χ1n) is 8.35. The van der Waals surface area contributed by atoms with Crippen LogP contribution in [0.2, 0.25) is 0 Å². The van der Waals surface area contributed by atoms with Crippen molar-refractivity contribution in [1.82, 2.24) is 5.32 Å². The standard InChI is InChI=1S/C21H25NO3/c1-6-10-17-15(4)25-21(5,13-18(17)23)20(24)22-19(14(2)3)16-11-8-7-9-12-16/h6-9,11-12H,1,10,13H2,2-5H3,(H,22,24). The zero-order chi connectivity index (χ0) is 18.6. The first-order valence-corrected chi connectivity index (χ1v) is 8.35. The largest absolute Gasteiger partial charge is 0.481 e. The molecule has 0 aromatic heterocycles. The van der Waals surface area contributed by atoms with Crippen LogP contribution in [-0.2, 0) is 14.3 Å². The van der Waals surface area contributed by atoms with Gasteiger partial charge in [-0.25, -0.2) is 0 Å². The minimum atomic E-state index is -1.22. The molecular weight excluding hydrogens is 314 g/mol. The van der Waals surface area contributed by atoms with Gasteiger partial charge in [-0.2, -0.15) is 0 Å². The number of hydrogen-bond donors (Lipinski definition) is 1. The number of hydrogen-bond acceptors (Lipinski definition) is 3. The SMILES string of the molecule is C=CCC1=C(C)OC(C)(C(=O)NC(=C(C)C)c2ccccc2)CC1=O. The highest BCUT2D eigenvalue weighted by molar-refractivity contribution is 6.03. The molecule has 0 aliphatic carbocycles. The van der Waals surface area contributed by atoms with Gasteiger partial charge in [0.05, 0.1) is 6.42 Å². The lowest BCUT2D eigenvalue weighted by Crippen LogP contribution is -2.49. The van der Waals surface area contributed by atoms with Crippen LogP contribution in [0.3, 0.4) is 0 Å². The molecule has 1 aliphatic heterocycles. The van der Waals surface area contributed by atoms with Crippen molar-refractivity contribution in [2.24, 2.45) is 0 Å². The summed E-state index contributed by atoms with van der Waals surface area (Å²) in [5.74, 6) is 0.102. The lowest BCUT2D eigenvalue weighted by molar-refractivity contribution is -0.146. The quantitative estimate of drug-likeness (QED) is 0.820. The van der Waals surface area contributed by atoms with Crippen LogP contribution in [0, 0.1) is 0 Å². The van der Waals surface area contributed by atoms with Gasteiger partial charge in [-0.1, -0.05) is 42.0 Å². The molecule has 0 spiro atoms. The molecule has 1 aromatic carbocycles. The Kier molecular flexibility index (Phi) is 5.62. The van der Waals surface area contributed by atoms with Crippen molar-refractivity contribution in [3.63, 3.8) is 0 Å². The fraction of sp³-hybridized carbons (Fsp3) is 0.333. The van der Waals surface area contributed by atoms with Gasteiger partial charge in [-0.05, 0) is 39.7 Å². The highest BCUT2D eigenvalue weighted by Gasteiger charge is 2.43. The molecule has 1 aromatic rings. The van der Waals surface area contributed by atoms with Crippen LogP contribution < -0.4 is 5.32 Å². The number of carbonyl (C=O) groups excluding carboxylic acids is 2. The van der Waals surface area contributed by atoms with Gasteiger partial charge >= 0.3 is 0 Å². The van der Waals surface area contributed by atoms with Crippen LogP contribution in [-0.4, -0.2) is 17.3 Å². The molecule has 0 saturated heterocycles. The summed E-state index contributed by atoms with van der Waals surface area (Å²) in [5.41, 5.74) is 2.00. The zero-order valence-electron chi connectivity index (χ0n) is 15.3. The van der Waals surface area contributed by atoms with E-state index < -0.39 is 5.60 Å². The van der Waals surface area contributed by atoms with Crippen LogP contribution in [0.15, 0.2) is 59.9 Å². The van der Waals surface area contributed by atoms with Gasteiger partial charge in [0.25, 0.3) is 5.91 Å². The van der Waals surface area contributed by atoms with E-state index >= 15 is 0 Å². The van der Waals surface area contributed by atoms with E-state index in [1.807, 2.05) is 44.2 Å². The molecule has 4 heteroatoms. The van der Waals surface area contributed by atoms with Crippen LogP contribution in [0.1, 0.15) is 46.1 Å². The summed E-state index contributed by atoms with van der Waals surface area (Å²) in [7, 11) is 0. The lowest BCUT2D eigenvalue weighted by atomic mass is 9.89. The van der Waals surface area contributed by atoms with E-state index in [1.165, 1.54) is 0 Å². The molecule has 4 nitrogen and oxygen atoms in total. The van der Waals surface area contributed by atoms with E-state index in [1.54, 1.807) is 19.9 Å². The van der Waals surface area contributed by atoms with Gasteiger partial charge in [0, 0.05) is 11.3 Å². The Morgan fingerprint density at radius 1 is 1.32 bits per heavy atom. The number of rotatable bonds is 5. The number of amides is 1. The number of benzene rings is 1. The third kappa shape index (κ3) is 4.08. The van der Waals surface area contributed by atoms with E-state index in [9.17, 15) is 9.59 Å². The number of allylic oxidation sites excluding steroid dienone is 4. The first kappa shape index (κ1) is 18.7. The molecule has 1 unspecified atom stereocenters. The van der Waals surface area contributed by atoms with E-state index in [2.05, 4.69) is 11.9 Å². The number of carbonyl (C=O) groups is 2. The maximum atomic E-state index is 12.9. The van der Waals surface area contributed by atoms with Crippen LogP contribution in [0.25, 0.3) is 5.70 Å². The molecule has 25 heavy (non-hydrogen) atoms. The number of ketones is 1. The van der Waals surface area contributed by atoms with Crippen molar-refractivity contribution in [2.75, 3.05) is 0 Å². The Hall–Kier alpha value is -2.62. The summed E-state index contributed by atoms with van der Waals surface area (Å²) in [6.45, 7) is 10.9. The molecule has 2 rings (SSSR count). The van der Waals surface area contributed by atoms with Gasteiger partial charge in [0.2, 0.25) is 0 Å². The Labute approximate surface area is 149 Å². The highest BCUT2D eigenvalue weighted by atomic mass is 16.5. The normalized spacial score (nSPS) is 19.9. The Balaban J connectivity index is 2.27. The maximum Gasteiger partial charge on any atom is 0.268 e. The fourth-order valence-corrected chi connectivity index (χ4v) is 2.91. The van der Waals surface area contributed by atoms with Gasteiger partial charge < -0.3 is 10.1 Å². The molecule has 1 amide bonds. The predicted octanol–water partition coefficient (Wildman–Crippen LogP) is 4.15. The average molecular weight is 339 g/mol. The molecule has 1 heterocycles. The molecule has 0 radical (unpaired) electrons. The summed E-state index contributed by atoms with van der Waals surface area (Å²) in [5, 5.41) is 2.95. The molecule has 1 atom stereocenters. The second-order valence-electron chi connectivity index (χ2n) is 6.66. The molecule has 1 aliphatic rings. The summed E-state index contributed by atoms with van der Waals surface area (Å²) in [6.07, 6.45) is 2.13. The highest BCUT2D eigenvalue weighted by Crippen LogP contribution is 2.32. The van der Waals surface area contributed by atoms with Crippen molar-refractivity contribution in [3.8, 4) is 0 Å². The fourth-order valence-electron chi connectivity index (χ4n) is 2.91. The second-order valence-corrected chi connectivity index (χ2v) is 6.66. The van der Waals surface area contributed by atoms with Gasteiger partial charge in [0.1, 0.15) is 5.76 Å². The lowest BCUT2D eigenvalue weighted by Gasteiger charge is -2.34. The zero-order valence-corrected chi connectivity index (χ0v) is 15.3. The number of nitrogens with one attached hydrogen (secondary N) is 1. The monoisotopic (exact) mass is 339 g/mol. The van der Waals surface area contributed by atoms with E-state index in [0.717, 1.165) is 16.8 Å². The topological polar surface area (TPSA) is 55.4 Å². The van der Waals surface area contributed by atoms with Crippen LogP contribution >= 0.6 is 0 Å². The van der Waals surface area contributed by atoms with Crippen LogP contribution in [0.4, 0.5) is 0 Å². The second kappa shape index (κ2) is 7.51. The van der Waals surface area contributed by atoms with Crippen molar-refractivity contribution in [2.45, 2.75) is 46.1 Å². The minimum absolute atomic E-state index is 0.0180. The first-order chi connectivity index (χ1) is 11.8. The predicted molar refractivity (Wildman–Crippen MR) is 99.5 cm³/mol. The van der Waals surface area contributed by atoms with E-state index in [0.29, 0.717) is 17.8 Å². The third-order valence-electron chi connectivity index (χ3n) is 4.27. The molecular formula is C21H25NO3. The molecule has 132 valence electrons. The van der Waals surface area contributed by atoms with E-state index in [4.69, 9.17) is 4.74 Å². The maximum absolute atomic E-state index is 12.9. The smallest absolute Gasteiger partial charge is 0.268 e. The number of Topliss-reactive ketones (excluding diaryl/α,β-unsaturated/α-hetero) is 1. The third-order valence-corrected chi connectivity index (χ3v) is 4.27. The minimum Gasteiger partial charge on any atom is -0.481 e. The van der Waals surface area contributed by atoms with Gasteiger partial charge in [-0.15, -0.1) is 6.58 Å². The summed E-state index contributed by atoms with van der Waals surface area (Å²) in [4.78, 5) is 25.3. The van der Waals surface area contributed by atoms with Gasteiger partial charge in [0.15, 0.2) is 11.4 Å². The van der Waals surface area contributed by atoms with Crippen molar-refractivity contribution in [3.05, 3.63) is 65.5 Å². The molecule has 0 bridgehead atoms. The van der Waals surface area contributed by atoms with Crippen molar-refractivity contribution in [1.29, 1.82) is 0 Å². The summed E-state index contributed by atoms with van der Waals surface area (Å²) in [6, 6.07) is 9.63. The van der Waals surface area contributed by atoms with Crippen molar-refractivity contribution < 1.29 is 14.3 Å². The summed E-state index contributed by atoms with van der Waals surface area (Å²) < 4.78 is 5.86. The Bertz CT molecular complexity index is 755. The van der Waals surface area contributed by atoms with E-state index in [-0.39, 0.29) is 18.1 Å². The average Bonchev–Trinajstić information content (AvgIpc) is 2.56. The Morgan fingerprint density at radius 2 is 1.96 bits per heavy atom.